The van der Waals surface area contributed by atoms with Crippen LogP contribution in [0.1, 0.15) is 13.3 Å². The molecule has 0 fully saturated rings. The van der Waals surface area contributed by atoms with E-state index < -0.39 is 11.5 Å². The zero-order chi connectivity index (χ0) is 8.32. The van der Waals surface area contributed by atoms with E-state index in [0.29, 0.717) is 6.42 Å². The van der Waals surface area contributed by atoms with Crippen molar-refractivity contribution in [3.8, 4) is 0 Å². The first-order valence-corrected chi connectivity index (χ1v) is 3.30. The number of hydrogen-bond donors (Lipinski definition) is 0. The number of carbonyl (C=O) groups excluding carboxylic acids is 1. The van der Waals surface area contributed by atoms with E-state index in [4.69, 9.17) is 0 Å². The Kier molecular flexibility index (Phi) is 1.98. The largest absolute Gasteiger partial charge is 0.467 e. The molecule has 0 amide bonds. The second-order valence-corrected chi connectivity index (χ2v) is 2.20. The molecule has 1 aliphatic rings. The summed E-state index contributed by atoms with van der Waals surface area (Å²) >= 11 is 0. The first-order valence-electron chi connectivity index (χ1n) is 3.30. The van der Waals surface area contributed by atoms with Crippen LogP contribution in [0.5, 0.6) is 0 Å². The number of hydrogen-bond acceptors (Lipinski definition) is 5. The van der Waals surface area contributed by atoms with Gasteiger partial charge in [0.15, 0.2) is 0 Å². The summed E-state index contributed by atoms with van der Waals surface area (Å²) in [7, 11) is 1.32. The van der Waals surface area contributed by atoms with Crippen LogP contribution in [0.3, 0.4) is 0 Å². The molecule has 5 nitrogen and oxygen atoms in total. The van der Waals surface area contributed by atoms with Crippen LogP contribution in [0.15, 0.2) is 15.4 Å². The molecule has 1 aliphatic heterocycles. The van der Waals surface area contributed by atoms with Crippen LogP contribution in [0.4, 0.5) is 0 Å². The predicted octanol–water partition coefficient (Wildman–Crippen LogP) is 0.760. The number of carbonyl (C=O) groups is 1. The maximum atomic E-state index is 11.1. The molecule has 11 heavy (non-hydrogen) atoms. The molecule has 1 unspecified atom stereocenters. The highest BCUT2D eigenvalue weighted by atomic mass is 16.5. The number of ether oxygens (including phenoxy) is 1. The first-order chi connectivity index (χ1) is 5.25. The fourth-order valence-electron chi connectivity index (χ4n) is 0.829. The minimum absolute atomic E-state index is 0.412. The Balaban J connectivity index is 2.85. The fourth-order valence-corrected chi connectivity index (χ4v) is 0.829. The molecule has 0 bridgehead atoms. The van der Waals surface area contributed by atoms with Crippen molar-refractivity contribution in [1.29, 1.82) is 0 Å². The summed E-state index contributed by atoms with van der Waals surface area (Å²) in [6.45, 7) is 1.83. The molecule has 0 aromatic carbocycles. The van der Waals surface area contributed by atoms with E-state index >= 15 is 0 Å². The first kappa shape index (κ1) is 7.84. The Bertz CT molecular complexity index is 210. The molecular formula is C6H9N3O2. The minimum atomic E-state index is -0.950. The number of nitrogens with zero attached hydrogens (tertiary/aromatic N) is 3. The highest BCUT2D eigenvalue weighted by Crippen LogP contribution is 2.19. The number of methoxy groups -OCH3 is 1. The molecule has 1 heterocycles. The topological polar surface area (TPSA) is 63.4 Å². The highest BCUT2D eigenvalue weighted by Gasteiger charge is 2.39. The van der Waals surface area contributed by atoms with Crippen molar-refractivity contribution in [3.05, 3.63) is 0 Å². The van der Waals surface area contributed by atoms with E-state index in [1.54, 1.807) is 0 Å². The lowest BCUT2D eigenvalue weighted by atomic mass is 10.00. The van der Waals surface area contributed by atoms with Crippen LogP contribution >= 0.6 is 0 Å². The van der Waals surface area contributed by atoms with Gasteiger partial charge in [-0.3, -0.25) is 0 Å². The van der Waals surface area contributed by atoms with Gasteiger partial charge in [0, 0.05) is 0 Å². The summed E-state index contributed by atoms with van der Waals surface area (Å²) in [6, 6.07) is 0. The van der Waals surface area contributed by atoms with Gasteiger partial charge in [-0.2, -0.15) is 0 Å². The van der Waals surface area contributed by atoms with Crippen molar-refractivity contribution in [2.45, 2.75) is 18.9 Å². The number of esters is 1. The van der Waals surface area contributed by atoms with Gasteiger partial charge in [0.2, 0.25) is 5.54 Å². The monoisotopic (exact) mass is 155 g/mol. The lowest BCUT2D eigenvalue weighted by Crippen LogP contribution is -2.37. The summed E-state index contributed by atoms with van der Waals surface area (Å²) in [5.74, 6) is -0.412. The summed E-state index contributed by atoms with van der Waals surface area (Å²) < 4.78 is 4.54. The summed E-state index contributed by atoms with van der Waals surface area (Å²) in [6.07, 6.45) is 1.92. The second kappa shape index (κ2) is 2.77. The van der Waals surface area contributed by atoms with Gasteiger partial charge in [-0.1, -0.05) is 6.92 Å². The van der Waals surface area contributed by atoms with Crippen LogP contribution in [0.2, 0.25) is 0 Å². The minimum Gasteiger partial charge on any atom is -0.467 e. The normalized spacial score (nSPS) is 27.5. The Morgan fingerprint density at radius 1 is 1.73 bits per heavy atom. The molecule has 5 heteroatoms. The summed E-state index contributed by atoms with van der Waals surface area (Å²) in [4.78, 5) is 11.1. The molecule has 0 saturated heterocycles. The van der Waals surface area contributed by atoms with Crippen molar-refractivity contribution in [1.82, 2.24) is 0 Å². The van der Waals surface area contributed by atoms with Gasteiger partial charge in [0.05, 0.1) is 13.3 Å². The van der Waals surface area contributed by atoms with E-state index in [0.717, 1.165) is 0 Å². The smallest absolute Gasteiger partial charge is 0.341 e. The lowest BCUT2D eigenvalue weighted by Gasteiger charge is -2.14. The van der Waals surface area contributed by atoms with Gasteiger partial charge in [-0.05, 0) is 11.6 Å². The Hall–Kier alpha value is -1.26. The highest BCUT2D eigenvalue weighted by molar-refractivity contribution is 6.00. The van der Waals surface area contributed by atoms with Crippen LogP contribution in [0, 0.1) is 0 Å². The molecule has 1 atom stereocenters. The quantitative estimate of drug-likeness (QED) is 0.552. The molecular weight excluding hydrogens is 146 g/mol. The Morgan fingerprint density at radius 2 is 2.45 bits per heavy atom. The second-order valence-electron chi connectivity index (χ2n) is 2.20. The Morgan fingerprint density at radius 3 is 2.82 bits per heavy atom. The van der Waals surface area contributed by atoms with Crippen molar-refractivity contribution in [2.24, 2.45) is 15.4 Å². The zero-order valence-electron chi connectivity index (χ0n) is 6.44. The van der Waals surface area contributed by atoms with E-state index in [2.05, 4.69) is 20.2 Å². The van der Waals surface area contributed by atoms with Crippen LogP contribution in [-0.2, 0) is 9.53 Å². The maximum Gasteiger partial charge on any atom is 0.341 e. The van der Waals surface area contributed by atoms with Crippen LogP contribution in [0.25, 0.3) is 0 Å². The predicted molar refractivity (Wildman–Crippen MR) is 38.4 cm³/mol. The van der Waals surface area contributed by atoms with Crippen LogP contribution < -0.4 is 0 Å². The third-order valence-electron chi connectivity index (χ3n) is 1.62. The molecule has 1 rings (SSSR count). The summed E-state index contributed by atoms with van der Waals surface area (Å²) in [5, 5.41) is 10.6. The van der Waals surface area contributed by atoms with Crippen LogP contribution in [-0.4, -0.2) is 24.8 Å². The van der Waals surface area contributed by atoms with Gasteiger partial charge in [0.1, 0.15) is 0 Å². The molecule has 0 saturated carbocycles. The number of rotatable bonds is 2. The SMILES string of the molecule is CCC1(C(=O)OC)C=NN=N1. The van der Waals surface area contributed by atoms with Gasteiger partial charge >= 0.3 is 5.97 Å². The average Bonchev–Trinajstić information content (AvgIpc) is 2.52. The molecule has 0 N–H and O–H groups in total. The van der Waals surface area contributed by atoms with Gasteiger partial charge in [-0.15, -0.1) is 10.2 Å². The van der Waals surface area contributed by atoms with E-state index in [-0.39, 0.29) is 0 Å². The van der Waals surface area contributed by atoms with E-state index in [1.165, 1.54) is 13.3 Å². The molecule has 0 radical (unpaired) electrons. The summed E-state index contributed by atoms with van der Waals surface area (Å²) in [5.41, 5.74) is -0.950. The van der Waals surface area contributed by atoms with Gasteiger partial charge in [-0.25, -0.2) is 4.79 Å². The van der Waals surface area contributed by atoms with Crippen molar-refractivity contribution in [2.75, 3.05) is 7.11 Å². The van der Waals surface area contributed by atoms with E-state index in [9.17, 15) is 4.79 Å². The molecule has 0 aromatic heterocycles. The fraction of sp³-hybridized carbons (Fsp3) is 0.667. The van der Waals surface area contributed by atoms with Crippen molar-refractivity contribution >= 4 is 12.2 Å². The van der Waals surface area contributed by atoms with Gasteiger partial charge < -0.3 is 4.74 Å². The molecule has 0 spiro atoms. The van der Waals surface area contributed by atoms with Crippen molar-refractivity contribution < 1.29 is 9.53 Å². The van der Waals surface area contributed by atoms with Gasteiger partial charge in [0.25, 0.3) is 0 Å². The third-order valence-corrected chi connectivity index (χ3v) is 1.62. The lowest BCUT2D eigenvalue weighted by molar-refractivity contribution is -0.144. The molecule has 60 valence electrons. The Labute approximate surface area is 64.1 Å². The average molecular weight is 155 g/mol. The third kappa shape index (κ3) is 1.13. The van der Waals surface area contributed by atoms with Crippen molar-refractivity contribution in [3.63, 3.8) is 0 Å². The van der Waals surface area contributed by atoms with E-state index in [1.807, 2.05) is 6.92 Å². The molecule has 0 aliphatic carbocycles. The standard InChI is InChI=1S/C6H9N3O2/c1-3-6(5(10)11-2)4-7-9-8-6/h4H,3H2,1-2H3. The molecule has 0 aromatic rings. The maximum absolute atomic E-state index is 11.1. The zero-order valence-corrected chi connectivity index (χ0v) is 6.44.